The van der Waals surface area contributed by atoms with E-state index in [0.29, 0.717) is 11.5 Å². The van der Waals surface area contributed by atoms with Gasteiger partial charge in [-0.05, 0) is 49.6 Å². The highest BCUT2D eigenvalue weighted by molar-refractivity contribution is 5.92. The Balaban J connectivity index is 1.47. The number of fused-ring (bicyclic) bond motifs is 2. The second kappa shape index (κ2) is 6.32. The summed E-state index contributed by atoms with van der Waals surface area (Å²) in [5, 5.41) is 3.12. The van der Waals surface area contributed by atoms with E-state index >= 15 is 0 Å². The zero-order valence-corrected chi connectivity index (χ0v) is 13.8. The third kappa shape index (κ3) is 2.91. The first-order valence-corrected chi connectivity index (χ1v) is 8.49. The summed E-state index contributed by atoms with van der Waals surface area (Å²) >= 11 is 0. The minimum atomic E-state index is -0.136. The Kier molecular flexibility index (Phi) is 4.02. The van der Waals surface area contributed by atoms with E-state index in [1.54, 1.807) is 13.2 Å². The number of ether oxygens (including phenoxy) is 1. The van der Waals surface area contributed by atoms with Gasteiger partial charge < -0.3 is 19.4 Å². The highest BCUT2D eigenvalue weighted by Gasteiger charge is 2.33. The third-order valence-electron chi connectivity index (χ3n) is 5.00. The second-order valence-electron chi connectivity index (χ2n) is 6.68. The average molecular weight is 326 g/mol. The van der Waals surface area contributed by atoms with Gasteiger partial charge in [-0.25, -0.2) is 0 Å². The second-order valence-corrected chi connectivity index (χ2v) is 6.68. The molecule has 1 aromatic heterocycles. The van der Waals surface area contributed by atoms with E-state index in [-0.39, 0.29) is 11.9 Å². The number of furan rings is 1. The van der Waals surface area contributed by atoms with Gasteiger partial charge in [0, 0.05) is 19.1 Å². The molecule has 126 valence electrons. The third-order valence-corrected chi connectivity index (χ3v) is 5.00. The first-order valence-electron chi connectivity index (χ1n) is 8.49. The van der Waals surface area contributed by atoms with E-state index in [2.05, 4.69) is 10.2 Å². The van der Waals surface area contributed by atoms with Crippen LogP contribution in [0.1, 0.15) is 23.4 Å². The molecule has 1 N–H and O–H groups in total. The average Bonchev–Trinajstić information content (AvgIpc) is 3.22. The molecule has 5 nitrogen and oxygen atoms in total. The molecule has 2 aromatic rings. The number of hydrogen-bond donors (Lipinski definition) is 1. The molecular formula is C19H22N2O3. The van der Waals surface area contributed by atoms with Crippen LogP contribution < -0.4 is 10.1 Å². The van der Waals surface area contributed by atoms with Crippen LogP contribution in [0.4, 0.5) is 0 Å². The van der Waals surface area contributed by atoms with Crippen molar-refractivity contribution in [2.75, 3.05) is 26.7 Å². The van der Waals surface area contributed by atoms with Crippen molar-refractivity contribution in [2.45, 2.75) is 18.9 Å². The number of amides is 1. The molecule has 5 heteroatoms. The van der Waals surface area contributed by atoms with Gasteiger partial charge in [0.15, 0.2) is 5.76 Å². The van der Waals surface area contributed by atoms with Crippen LogP contribution in [0, 0.1) is 5.92 Å². The van der Waals surface area contributed by atoms with Crippen molar-refractivity contribution in [2.24, 2.45) is 5.92 Å². The zero-order valence-electron chi connectivity index (χ0n) is 13.8. The smallest absolute Gasteiger partial charge is 0.287 e. The molecule has 2 aliphatic heterocycles. The maximum absolute atomic E-state index is 12.5. The molecule has 4 rings (SSSR count). The molecule has 2 bridgehead atoms. The van der Waals surface area contributed by atoms with Gasteiger partial charge in [-0.3, -0.25) is 4.79 Å². The van der Waals surface area contributed by atoms with E-state index in [9.17, 15) is 4.79 Å². The van der Waals surface area contributed by atoms with Crippen LogP contribution in [0.2, 0.25) is 0 Å². The summed E-state index contributed by atoms with van der Waals surface area (Å²) in [6.07, 6.45) is 2.33. The van der Waals surface area contributed by atoms with Crippen LogP contribution in [-0.2, 0) is 0 Å². The van der Waals surface area contributed by atoms with Crippen LogP contribution in [0.15, 0.2) is 40.8 Å². The molecular weight excluding hydrogens is 304 g/mol. The van der Waals surface area contributed by atoms with Crippen molar-refractivity contribution in [3.05, 3.63) is 42.2 Å². The Hall–Kier alpha value is -2.27. The standard InChI is InChI=1S/C19H22N2O3/c1-23-16-5-3-2-4-15(16)17-6-7-18(24-17)19(22)20-14-10-13-8-9-21(11-13)12-14/h2-7,13-14H,8-12H2,1H3,(H,20,22)/t13-,14-/m1/s1. The summed E-state index contributed by atoms with van der Waals surface area (Å²) in [6.45, 7) is 3.29. The molecule has 3 heterocycles. The first-order chi connectivity index (χ1) is 11.7. The molecule has 2 aliphatic rings. The maximum Gasteiger partial charge on any atom is 0.287 e. The number of hydrogen-bond acceptors (Lipinski definition) is 4. The minimum Gasteiger partial charge on any atom is -0.496 e. The number of nitrogens with zero attached hydrogens (tertiary/aromatic N) is 1. The van der Waals surface area contributed by atoms with E-state index in [4.69, 9.17) is 9.15 Å². The van der Waals surface area contributed by atoms with Gasteiger partial charge in [-0.2, -0.15) is 0 Å². The van der Waals surface area contributed by atoms with Gasteiger partial charge in [0.1, 0.15) is 11.5 Å². The molecule has 2 saturated heterocycles. The van der Waals surface area contributed by atoms with Crippen LogP contribution in [0.5, 0.6) is 5.75 Å². The molecule has 1 amide bonds. The SMILES string of the molecule is COc1ccccc1-c1ccc(C(=O)N[C@@H]2C[C@H]3CCN(C3)C2)o1. The highest BCUT2D eigenvalue weighted by Crippen LogP contribution is 2.31. The number of nitrogens with one attached hydrogen (secondary N) is 1. The Labute approximate surface area is 141 Å². The van der Waals surface area contributed by atoms with Crippen molar-refractivity contribution in [1.29, 1.82) is 0 Å². The molecule has 0 aliphatic carbocycles. The molecule has 0 spiro atoms. The lowest BCUT2D eigenvalue weighted by Gasteiger charge is -2.30. The largest absolute Gasteiger partial charge is 0.496 e. The lowest BCUT2D eigenvalue weighted by molar-refractivity contribution is 0.0882. The van der Waals surface area contributed by atoms with Crippen LogP contribution in [0.25, 0.3) is 11.3 Å². The number of carbonyl (C=O) groups excluding carboxylic acids is 1. The Morgan fingerprint density at radius 3 is 2.96 bits per heavy atom. The fourth-order valence-corrected chi connectivity index (χ4v) is 3.87. The monoisotopic (exact) mass is 326 g/mol. The topological polar surface area (TPSA) is 54.7 Å². The number of para-hydroxylation sites is 1. The van der Waals surface area contributed by atoms with Crippen molar-refractivity contribution in [1.82, 2.24) is 10.2 Å². The van der Waals surface area contributed by atoms with Crippen molar-refractivity contribution >= 4 is 5.91 Å². The number of carbonyl (C=O) groups is 1. The zero-order chi connectivity index (χ0) is 16.5. The lowest BCUT2D eigenvalue weighted by Crippen LogP contribution is -2.46. The van der Waals surface area contributed by atoms with Crippen molar-refractivity contribution in [3.8, 4) is 17.1 Å². The van der Waals surface area contributed by atoms with Crippen LogP contribution >= 0.6 is 0 Å². The molecule has 0 saturated carbocycles. The predicted octanol–water partition coefficient (Wildman–Crippen LogP) is 2.78. The summed E-state index contributed by atoms with van der Waals surface area (Å²) in [4.78, 5) is 14.9. The van der Waals surface area contributed by atoms with E-state index in [1.807, 2.05) is 30.3 Å². The Morgan fingerprint density at radius 1 is 1.25 bits per heavy atom. The number of benzene rings is 1. The van der Waals surface area contributed by atoms with Gasteiger partial charge in [-0.15, -0.1) is 0 Å². The van der Waals surface area contributed by atoms with Gasteiger partial charge in [0.05, 0.1) is 12.7 Å². The van der Waals surface area contributed by atoms with Crippen LogP contribution in [0.3, 0.4) is 0 Å². The predicted molar refractivity (Wildman–Crippen MR) is 91.1 cm³/mol. The lowest BCUT2D eigenvalue weighted by atomic mass is 9.97. The van der Waals surface area contributed by atoms with Gasteiger partial charge in [-0.1, -0.05) is 12.1 Å². The Morgan fingerprint density at radius 2 is 2.12 bits per heavy atom. The number of rotatable bonds is 4. The van der Waals surface area contributed by atoms with Gasteiger partial charge >= 0.3 is 0 Å². The van der Waals surface area contributed by atoms with Gasteiger partial charge in [0.2, 0.25) is 0 Å². The summed E-state index contributed by atoms with van der Waals surface area (Å²) in [7, 11) is 1.63. The summed E-state index contributed by atoms with van der Waals surface area (Å²) < 4.78 is 11.1. The number of piperidine rings is 1. The molecule has 24 heavy (non-hydrogen) atoms. The maximum atomic E-state index is 12.5. The van der Waals surface area contributed by atoms with E-state index in [1.165, 1.54) is 13.0 Å². The Bertz CT molecular complexity index is 728. The molecule has 1 unspecified atom stereocenters. The number of methoxy groups -OCH3 is 1. The summed E-state index contributed by atoms with van der Waals surface area (Å²) in [6, 6.07) is 11.4. The fraction of sp³-hybridized carbons (Fsp3) is 0.421. The molecule has 3 atom stereocenters. The van der Waals surface area contributed by atoms with Gasteiger partial charge in [0.25, 0.3) is 5.91 Å². The normalized spacial score (nSPS) is 25.5. The van der Waals surface area contributed by atoms with E-state index in [0.717, 1.165) is 36.7 Å². The summed E-state index contributed by atoms with van der Waals surface area (Å²) in [5.74, 6) is 2.32. The highest BCUT2D eigenvalue weighted by atomic mass is 16.5. The quantitative estimate of drug-likeness (QED) is 0.939. The molecule has 2 fully saturated rings. The summed E-state index contributed by atoms with van der Waals surface area (Å²) in [5.41, 5.74) is 0.848. The van der Waals surface area contributed by atoms with E-state index < -0.39 is 0 Å². The molecule has 1 aromatic carbocycles. The molecule has 0 radical (unpaired) electrons. The first kappa shape index (κ1) is 15.3. The van der Waals surface area contributed by atoms with Crippen molar-refractivity contribution < 1.29 is 13.9 Å². The fourth-order valence-electron chi connectivity index (χ4n) is 3.87. The van der Waals surface area contributed by atoms with Crippen LogP contribution in [-0.4, -0.2) is 43.6 Å². The van der Waals surface area contributed by atoms with Crippen molar-refractivity contribution in [3.63, 3.8) is 0 Å². The minimum absolute atomic E-state index is 0.136.